The van der Waals surface area contributed by atoms with Gasteiger partial charge in [0.25, 0.3) is 0 Å². The molecule has 0 saturated carbocycles. The van der Waals surface area contributed by atoms with E-state index in [0.717, 1.165) is 5.56 Å². The summed E-state index contributed by atoms with van der Waals surface area (Å²) in [7, 11) is 0. The van der Waals surface area contributed by atoms with Crippen LogP contribution < -0.4 is 0 Å². The van der Waals surface area contributed by atoms with Crippen LogP contribution in [0.2, 0.25) is 5.15 Å². The highest BCUT2D eigenvalue weighted by atomic mass is 79.9. The topological polar surface area (TPSA) is 30.7 Å². The number of nitrogens with zero attached hydrogens (tertiary/aromatic N) is 3. The van der Waals surface area contributed by atoms with Crippen molar-refractivity contribution in [2.24, 2.45) is 0 Å². The van der Waals surface area contributed by atoms with Crippen molar-refractivity contribution >= 4 is 27.5 Å². The minimum atomic E-state index is -0.273. The van der Waals surface area contributed by atoms with Crippen molar-refractivity contribution in [3.8, 4) is 0 Å². The Labute approximate surface area is 99.0 Å². The average molecular weight is 291 g/mol. The highest BCUT2D eigenvalue weighted by Gasteiger charge is 2.05. The van der Waals surface area contributed by atoms with Gasteiger partial charge < -0.3 is 0 Å². The summed E-state index contributed by atoms with van der Waals surface area (Å²) >= 11 is 8.85. The lowest BCUT2D eigenvalue weighted by Gasteiger charge is -1.99. The van der Waals surface area contributed by atoms with E-state index in [9.17, 15) is 4.39 Å². The van der Waals surface area contributed by atoms with Gasteiger partial charge in [0.2, 0.25) is 0 Å². The minimum absolute atomic E-state index is 0.273. The molecule has 0 saturated heterocycles. The van der Waals surface area contributed by atoms with Crippen LogP contribution in [0.15, 0.2) is 28.9 Å². The predicted molar refractivity (Wildman–Crippen MR) is 58.2 cm³/mol. The first-order valence-corrected chi connectivity index (χ1v) is 5.33. The Balaban J connectivity index is 2.22. The summed E-state index contributed by atoms with van der Waals surface area (Å²) in [5.41, 5.74) is 0.786. The quantitative estimate of drug-likeness (QED) is 0.851. The van der Waals surface area contributed by atoms with E-state index in [2.05, 4.69) is 26.1 Å². The van der Waals surface area contributed by atoms with E-state index in [1.165, 1.54) is 16.9 Å². The average Bonchev–Trinajstić information content (AvgIpc) is 2.45. The summed E-state index contributed by atoms with van der Waals surface area (Å²) in [4.78, 5) is 1.40. The van der Waals surface area contributed by atoms with Gasteiger partial charge >= 0.3 is 0 Å². The van der Waals surface area contributed by atoms with E-state index >= 15 is 0 Å². The molecule has 2 rings (SSSR count). The molecule has 1 aromatic heterocycles. The third-order valence-electron chi connectivity index (χ3n) is 1.79. The highest BCUT2D eigenvalue weighted by Crippen LogP contribution is 2.16. The lowest BCUT2D eigenvalue weighted by molar-refractivity contribution is 0.580. The van der Waals surface area contributed by atoms with Crippen LogP contribution in [0.25, 0.3) is 0 Å². The monoisotopic (exact) mass is 289 g/mol. The summed E-state index contributed by atoms with van der Waals surface area (Å²) in [5.74, 6) is -0.273. The molecular formula is C9H6BrClFN3. The second kappa shape index (κ2) is 4.28. The van der Waals surface area contributed by atoms with Crippen molar-refractivity contribution in [1.82, 2.24) is 15.0 Å². The smallest absolute Gasteiger partial charge is 0.185 e. The maximum atomic E-state index is 12.9. The van der Waals surface area contributed by atoms with E-state index in [1.807, 2.05) is 0 Å². The first-order chi connectivity index (χ1) is 7.15. The normalized spacial score (nSPS) is 10.6. The Morgan fingerprint density at radius 3 is 2.80 bits per heavy atom. The molecular weight excluding hydrogens is 284 g/mol. The molecule has 0 spiro atoms. The molecule has 15 heavy (non-hydrogen) atoms. The Morgan fingerprint density at radius 1 is 1.40 bits per heavy atom. The van der Waals surface area contributed by atoms with Crippen LogP contribution in [-0.2, 0) is 6.54 Å². The molecule has 1 aromatic carbocycles. The van der Waals surface area contributed by atoms with Crippen LogP contribution in [0.1, 0.15) is 5.56 Å². The van der Waals surface area contributed by atoms with Crippen LogP contribution in [0.4, 0.5) is 4.39 Å². The van der Waals surface area contributed by atoms with E-state index in [4.69, 9.17) is 11.6 Å². The standard InChI is InChI=1S/C9H6BrClFN3/c10-8-9(11)14-15(13-8)5-6-2-1-3-7(12)4-6/h1-4H,5H2. The van der Waals surface area contributed by atoms with Gasteiger partial charge in [0.05, 0.1) is 6.54 Å². The number of hydrogen-bond donors (Lipinski definition) is 0. The zero-order valence-electron chi connectivity index (χ0n) is 7.49. The summed E-state index contributed by atoms with van der Waals surface area (Å²) in [5, 5.41) is 8.24. The van der Waals surface area contributed by atoms with Gasteiger partial charge in [-0.15, -0.1) is 10.2 Å². The number of halogens is 3. The second-order valence-corrected chi connectivity index (χ2v) is 4.05. The van der Waals surface area contributed by atoms with Gasteiger partial charge in [-0.1, -0.05) is 23.7 Å². The molecule has 78 valence electrons. The molecule has 6 heteroatoms. The van der Waals surface area contributed by atoms with Crippen LogP contribution >= 0.6 is 27.5 Å². The van der Waals surface area contributed by atoms with Crippen LogP contribution in [0, 0.1) is 5.82 Å². The lowest BCUT2D eigenvalue weighted by Crippen LogP contribution is -2.03. The van der Waals surface area contributed by atoms with Crippen molar-refractivity contribution in [2.75, 3.05) is 0 Å². The molecule has 0 fully saturated rings. The summed E-state index contributed by atoms with van der Waals surface area (Å²) in [6.45, 7) is 0.392. The minimum Gasteiger partial charge on any atom is -0.207 e. The molecule has 0 bridgehead atoms. The SMILES string of the molecule is Fc1cccc(Cn2nc(Cl)c(Br)n2)c1. The number of aromatic nitrogens is 3. The van der Waals surface area contributed by atoms with E-state index < -0.39 is 0 Å². The number of hydrogen-bond acceptors (Lipinski definition) is 2. The zero-order valence-corrected chi connectivity index (χ0v) is 9.83. The van der Waals surface area contributed by atoms with Crippen molar-refractivity contribution in [1.29, 1.82) is 0 Å². The van der Waals surface area contributed by atoms with Crippen molar-refractivity contribution in [2.45, 2.75) is 6.54 Å². The molecule has 0 radical (unpaired) electrons. The van der Waals surface area contributed by atoms with Crippen molar-refractivity contribution in [3.05, 3.63) is 45.4 Å². The molecule has 1 heterocycles. The molecule has 0 aliphatic carbocycles. The molecule has 0 N–H and O–H groups in total. The molecule has 2 aromatic rings. The third kappa shape index (κ3) is 2.54. The van der Waals surface area contributed by atoms with Crippen LogP contribution in [0.3, 0.4) is 0 Å². The van der Waals surface area contributed by atoms with Crippen molar-refractivity contribution in [3.63, 3.8) is 0 Å². The first-order valence-electron chi connectivity index (χ1n) is 4.16. The maximum absolute atomic E-state index is 12.9. The molecule has 0 amide bonds. The first kappa shape index (κ1) is 10.6. The summed E-state index contributed by atoms with van der Waals surface area (Å²) < 4.78 is 13.4. The highest BCUT2D eigenvalue weighted by molar-refractivity contribution is 9.10. The zero-order chi connectivity index (χ0) is 10.8. The van der Waals surface area contributed by atoms with Gasteiger partial charge in [-0.3, -0.25) is 0 Å². The Morgan fingerprint density at radius 2 is 2.20 bits per heavy atom. The Bertz CT molecular complexity index is 466. The van der Waals surface area contributed by atoms with Gasteiger partial charge in [-0.2, -0.15) is 4.80 Å². The fraction of sp³-hybridized carbons (Fsp3) is 0.111. The Hall–Kier alpha value is -0.940. The molecule has 0 unspecified atom stereocenters. The summed E-state index contributed by atoms with van der Waals surface area (Å²) in [6, 6.07) is 6.27. The molecule has 0 atom stereocenters. The summed E-state index contributed by atoms with van der Waals surface area (Å²) in [6.07, 6.45) is 0. The van der Waals surface area contributed by atoms with Crippen LogP contribution in [0.5, 0.6) is 0 Å². The van der Waals surface area contributed by atoms with E-state index in [0.29, 0.717) is 16.3 Å². The van der Waals surface area contributed by atoms with E-state index in [1.54, 1.807) is 12.1 Å². The van der Waals surface area contributed by atoms with Gasteiger partial charge in [0.1, 0.15) is 5.82 Å². The largest absolute Gasteiger partial charge is 0.207 e. The van der Waals surface area contributed by atoms with Gasteiger partial charge in [-0.25, -0.2) is 4.39 Å². The molecule has 0 aliphatic rings. The number of benzene rings is 1. The Kier molecular flexibility index (Phi) is 3.02. The number of rotatable bonds is 2. The van der Waals surface area contributed by atoms with Gasteiger partial charge in [-0.05, 0) is 33.6 Å². The fourth-order valence-electron chi connectivity index (χ4n) is 1.18. The second-order valence-electron chi connectivity index (χ2n) is 2.94. The molecule has 3 nitrogen and oxygen atoms in total. The maximum Gasteiger partial charge on any atom is 0.185 e. The third-order valence-corrected chi connectivity index (χ3v) is 2.81. The van der Waals surface area contributed by atoms with E-state index in [-0.39, 0.29) is 5.82 Å². The van der Waals surface area contributed by atoms with Gasteiger partial charge in [0.15, 0.2) is 9.76 Å². The predicted octanol–water partition coefficient (Wildman–Crippen LogP) is 2.88. The lowest BCUT2D eigenvalue weighted by atomic mass is 10.2. The van der Waals surface area contributed by atoms with Crippen LogP contribution in [-0.4, -0.2) is 15.0 Å². The van der Waals surface area contributed by atoms with Crippen molar-refractivity contribution < 1.29 is 4.39 Å². The van der Waals surface area contributed by atoms with Gasteiger partial charge in [0, 0.05) is 0 Å². The fourth-order valence-corrected chi connectivity index (χ4v) is 1.56. The molecule has 0 aliphatic heterocycles.